The highest BCUT2D eigenvalue weighted by Crippen LogP contribution is 2.12. The van der Waals surface area contributed by atoms with Crippen molar-refractivity contribution in [3.63, 3.8) is 0 Å². The fourth-order valence-electron chi connectivity index (χ4n) is 0.583. The summed E-state index contributed by atoms with van der Waals surface area (Å²) >= 11 is 8.70. The van der Waals surface area contributed by atoms with Crippen molar-refractivity contribution in [3.8, 4) is 0 Å². The van der Waals surface area contributed by atoms with Gasteiger partial charge in [-0.05, 0) is 27.6 Å². The second kappa shape index (κ2) is 3.21. The molecule has 4 heteroatoms. The number of rotatable bonds is 1. The van der Waals surface area contributed by atoms with Crippen LogP contribution in [-0.4, -0.2) is 4.98 Å². The molecule has 0 fully saturated rings. The average Bonchev–Trinajstić information content (AvgIpc) is 1.88. The molecule has 1 aromatic rings. The summed E-state index contributed by atoms with van der Waals surface area (Å²) in [5, 5.41) is 0. The second-order valence-corrected chi connectivity index (χ2v) is 2.86. The van der Waals surface area contributed by atoms with Gasteiger partial charge in [-0.1, -0.05) is 0 Å². The highest BCUT2D eigenvalue weighted by Gasteiger charge is 1.96. The number of aromatic nitrogens is 1. The Morgan fingerprint density at radius 1 is 1.60 bits per heavy atom. The lowest BCUT2D eigenvalue weighted by molar-refractivity contribution is 1.14. The summed E-state index contributed by atoms with van der Waals surface area (Å²) in [6, 6.07) is 3.14. The van der Waals surface area contributed by atoms with E-state index < -0.39 is 0 Å². The molecule has 0 aliphatic rings. The Morgan fingerprint density at radius 2 is 2.30 bits per heavy atom. The van der Waals surface area contributed by atoms with Crippen LogP contribution in [0.2, 0.25) is 0 Å². The number of halogens is 2. The number of aromatic amines is 1. The Kier molecular flexibility index (Phi) is 2.51. The van der Waals surface area contributed by atoms with E-state index in [1.807, 2.05) is 0 Å². The number of H-pyrrole nitrogens is 1. The summed E-state index contributed by atoms with van der Waals surface area (Å²) in [6.45, 7) is 0. The molecule has 10 heavy (non-hydrogen) atoms. The predicted octanol–water partition coefficient (Wildman–Crippen LogP) is 1.88. The van der Waals surface area contributed by atoms with Crippen LogP contribution in [0.4, 0.5) is 0 Å². The molecule has 1 rings (SSSR count). The molecule has 2 nitrogen and oxygen atoms in total. The second-order valence-electron chi connectivity index (χ2n) is 1.80. The number of hydrogen-bond donors (Lipinski definition) is 1. The van der Waals surface area contributed by atoms with Crippen LogP contribution in [0, 0.1) is 0 Å². The first-order chi connectivity index (χ1) is 4.74. The zero-order valence-corrected chi connectivity index (χ0v) is 7.37. The highest BCUT2D eigenvalue weighted by atomic mass is 79.9. The minimum absolute atomic E-state index is 0.124. The van der Waals surface area contributed by atoms with Gasteiger partial charge in [0.25, 0.3) is 0 Å². The fourth-order valence-corrected chi connectivity index (χ4v) is 1.43. The van der Waals surface area contributed by atoms with Crippen LogP contribution in [0.25, 0.3) is 0 Å². The van der Waals surface area contributed by atoms with Gasteiger partial charge in [0.2, 0.25) is 5.56 Å². The summed E-state index contributed by atoms with van der Waals surface area (Å²) in [5.74, 6) is 0.400. The average molecular weight is 222 g/mol. The Bertz CT molecular complexity index is 283. The van der Waals surface area contributed by atoms with Crippen molar-refractivity contribution in [2.24, 2.45) is 0 Å². The Hall–Kier alpha value is -0.280. The van der Waals surface area contributed by atoms with Crippen LogP contribution < -0.4 is 5.56 Å². The van der Waals surface area contributed by atoms with Gasteiger partial charge in [0.1, 0.15) is 0 Å². The number of pyridine rings is 1. The third-order valence-corrected chi connectivity index (χ3v) is 2.09. The smallest absolute Gasteiger partial charge is 0.248 e. The third-order valence-electron chi connectivity index (χ3n) is 1.09. The molecule has 0 saturated carbocycles. The van der Waals surface area contributed by atoms with Crippen molar-refractivity contribution in [2.45, 2.75) is 5.88 Å². The quantitative estimate of drug-likeness (QED) is 0.571. The molecule has 0 bridgehead atoms. The van der Waals surface area contributed by atoms with E-state index in [1.165, 1.54) is 6.07 Å². The maximum absolute atomic E-state index is 10.6. The number of nitrogens with one attached hydrogen (secondary N) is 1. The Labute approximate surface area is 71.3 Å². The van der Waals surface area contributed by atoms with E-state index in [-0.39, 0.29) is 5.56 Å². The zero-order valence-electron chi connectivity index (χ0n) is 5.03. The van der Waals surface area contributed by atoms with Crippen molar-refractivity contribution in [1.29, 1.82) is 0 Å². The largest absolute Gasteiger partial charge is 0.316 e. The van der Waals surface area contributed by atoms with E-state index in [1.54, 1.807) is 6.07 Å². The van der Waals surface area contributed by atoms with E-state index in [2.05, 4.69) is 20.9 Å². The molecular weight excluding hydrogens is 217 g/mol. The minimum atomic E-state index is -0.124. The van der Waals surface area contributed by atoms with Gasteiger partial charge in [0.15, 0.2) is 0 Å². The minimum Gasteiger partial charge on any atom is -0.316 e. The molecule has 0 saturated heterocycles. The molecule has 0 aromatic carbocycles. The van der Waals surface area contributed by atoms with Crippen molar-refractivity contribution >= 4 is 27.5 Å². The maximum atomic E-state index is 10.6. The van der Waals surface area contributed by atoms with Crippen LogP contribution in [0.1, 0.15) is 5.56 Å². The van der Waals surface area contributed by atoms with Crippen molar-refractivity contribution in [3.05, 3.63) is 32.7 Å². The Morgan fingerprint density at radius 3 is 2.80 bits per heavy atom. The van der Waals surface area contributed by atoms with Gasteiger partial charge in [0.05, 0.1) is 4.60 Å². The molecule has 54 valence electrons. The lowest BCUT2D eigenvalue weighted by atomic mass is 10.3. The van der Waals surface area contributed by atoms with Crippen molar-refractivity contribution < 1.29 is 0 Å². The van der Waals surface area contributed by atoms with Gasteiger partial charge >= 0.3 is 0 Å². The Balaban J connectivity index is 3.19. The highest BCUT2D eigenvalue weighted by molar-refractivity contribution is 9.10. The molecule has 1 aromatic heterocycles. The molecule has 0 spiro atoms. The summed E-state index contributed by atoms with van der Waals surface area (Å²) in [7, 11) is 0. The van der Waals surface area contributed by atoms with Gasteiger partial charge in [-0.25, -0.2) is 0 Å². The van der Waals surface area contributed by atoms with Gasteiger partial charge in [-0.3, -0.25) is 4.79 Å². The maximum Gasteiger partial charge on any atom is 0.248 e. The first kappa shape index (κ1) is 7.82. The van der Waals surface area contributed by atoms with E-state index in [4.69, 9.17) is 11.6 Å². The molecule has 1 heterocycles. The van der Waals surface area contributed by atoms with E-state index in [0.717, 1.165) is 5.56 Å². The number of alkyl halides is 1. The summed E-state index contributed by atoms with van der Waals surface area (Å²) in [5.41, 5.74) is 0.766. The van der Waals surface area contributed by atoms with E-state index >= 15 is 0 Å². The normalized spacial score (nSPS) is 9.80. The van der Waals surface area contributed by atoms with Gasteiger partial charge in [0, 0.05) is 11.9 Å². The van der Waals surface area contributed by atoms with E-state index in [9.17, 15) is 4.79 Å². The van der Waals surface area contributed by atoms with Crippen LogP contribution in [0.5, 0.6) is 0 Å². The van der Waals surface area contributed by atoms with Crippen molar-refractivity contribution in [1.82, 2.24) is 4.98 Å². The molecule has 0 radical (unpaired) electrons. The summed E-state index contributed by atoms with van der Waals surface area (Å²) in [4.78, 5) is 13.2. The summed E-state index contributed by atoms with van der Waals surface area (Å²) < 4.78 is 0.662. The van der Waals surface area contributed by atoms with Gasteiger partial charge in [-0.2, -0.15) is 0 Å². The predicted molar refractivity (Wildman–Crippen MR) is 44.3 cm³/mol. The van der Waals surface area contributed by atoms with Gasteiger partial charge in [-0.15, -0.1) is 11.6 Å². The van der Waals surface area contributed by atoms with E-state index in [0.29, 0.717) is 10.5 Å². The molecular formula is C6H5BrClNO. The van der Waals surface area contributed by atoms with Crippen LogP contribution in [-0.2, 0) is 5.88 Å². The standard InChI is InChI=1S/C6H5BrClNO/c7-6-4(3-8)1-2-5(10)9-6/h1-2H,3H2,(H,9,10). The van der Waals surface area contributed by atoms with Gasteiger partial charge < -0.3 is 4.98 Å². The lowest BCUT2D eigenvalue weighted by Gasteiger charge is -1.95. The molecule has 0 unspecified atom stereocenters. The molecule has 1 N–H and O–H groups in total. The molecule has 0 aliphatic heterocycles. The lowest BCUT2D eigenvalue weighted by Crippen LogP contribution is -2.04. The van der Waals surface area contributed by atoms with Crippen LogP contribution >= 0.6 is 27.5 Å². The van der Waals surface area contributed by atoms with Crippen LogP contribution in [0.15, 0.2) is 21.5 Å². The van der Waals surface area contributed by atoms with Crippen LogP contribution in [0.3, 0.4) is 0 Å². The molecule has 0 amide bonds. The third kappa shape index (κ3) is 1.61. The molecule has 0 atom stereocenters. The monoisotopic (exact) mass is 221 g/mol. The molecule has 0 aliphatic carbocycles. The summed E-state index contributed by atoms with van der Waals surface area (Å²) in [6.07, 6.45) is 0. The topological polar surface area (TPSA) is 32.9 Å². The fraction of sp³-hybridized carbons (Fsp3) is 0.167. The SMILES string of the molecule is O=c1ccc(CCl)c(Br)[nH]1. The first-order valence-electron chi connectivity index (χ1n) is 2.67. The first-order valence-corrected chi connectivity index (χ1v) is 4.00. The van der Waals surface area contributed by atoms with Crippen molar-refractivity contribution in [2.75, 3.05) is 0 Å². The number of hydrogen-bond acceptors (Lipinski definition) is 1. The zero-order chi connectivity index (χ0) is 7.56.